The summed E-state index contributed by atoms with van der Waals surface area (Å²) in [6.07, 6.45) is -0.391. The van der Waals surface area contributed by atoms with Gasteiger partial charge in [-0.25, -0.2) is 4.79 Å². The van der Waals surface area contributed by atoms with Gasteiger partial charge in [-0.05, 0) is 49.9 Å². The molecule has 39 heavy (non-hydrogen) atoms. The van der Waals surface area contributed by atoms with Gasteiger partial charge >= 0.3 is 6.09 Å². The zero-order valence-corrected chi connectivity index (χ0v) is 23.2. The summed E-state index contributed by atoms with van der Waals surface area (Å²) in [6.45, 7) is 10.5. The second-order valence-corrected chi connectivity index (χ2v) is 11.0. The molecular weight excluding hydrogens is 498 g/mol. The van der Waals surface area contributed by atoms with E-state index in [9.17, 15) is 15.2 Å². The third-order valence-corrected chi connectivity index (χ3v) is 7.18. The lowest BCUT2D eigenvalue weighted by atomic mass is 9.61. The fraction of sp³-hybridized carbons (Fsp3) is 0.483. The number of nitriles is 1. The molecule has 206 valence electrons. The number of amides is 1. The number of fused-ring (bicyclic) bond motifs is 1. The second-order valence-electron chi connectivity index (χ2n) is 11.0. The van der Waals surface area contributed by atoms with Crippen molar-refractivity contribution in [2.75, 3.05) is 26.8 Å². The molecule has 2 aromatic rings. The summed E-state index contributed by atoms with van der Waals surface area (Å²) in [4.78, 5) is 14.1. The van der Waals surface area contributed by atoms with Crippen LogP contribution in [0.15, 0.2) is 29.7 Å². The number of likely N-dealkylation sites (tertiary alicyclic amines) is 1. The highest BCUT2D eigenvalue weighted by molar-refractivity contribution is 5.69. The summed E-state index contributed by atoms with van der Waals surface area (Å²) in [5.41, 5.74) is 8.45. The van der Waals surface area contributed by atoms with Crippen LogP contribution in [-0.2, 0) is 21.5 Å². The van der Waals surface area contributed by atoms with Crippen LogP contribution < -0.4 is 10.5 Å². The van der Waals surface area contributed by atoms with E-state index in [0.29, 0.717) is 36.7 Å². The van der Waals surface area contributed by atoms with Crippen molar-refractivity contribution in [3.63, 3.8) is 0 Å². The molecule has 1 saturated heterocycles. The molecule has 0 aliphatic carbocycles. The molecule has 1 aromatic carbocycles. The Labute approximate surface area is 228 Å². The summed E-state index contributed by atoms with van der Waals surface area (Å²) >= 11 is 0. The summed E-state index contributed by atoms with van der Waals surface area (Å²) in [7, 11) is 1.56. The number of aliphatic hydroxyl groups is 1. The van der Waals surface area contributed by atoms with Crippen molar-refractivity contribution in [3.8, 4) is 23.8 Å². The first-order chi connectivity index (χ1) is 18.5. The molecule has 3 heterocycles. The third kappa shape index (κ3) is 5.06. The van der Waals surface area contributed by atoms with E-state index in [-0.39, 0.29) is 29.9 Å². The molecule has 10 heteroatoms. The monoisotopic (exact) mass is 533 g/mol. The maximum Gasteiger partial charge on any atom is 0.410 e. The highest BCUT2D eigenvalue weighted by atomic mass is 16.6. The molecular formula is C29H35N5O5. The van der Waals surface area contributed by atoms with E-state index in [1.165, 1.54) is 0 Å². The Kier molecular flexibility index (Phi) is 7.65. The van der Waals surface area contributed by atoms with Gasteiger partial charge in [-0.1, -0.05) is 31.8 Å². The molecule has 0 radical (unpaired) electrons. The first-order valence-electron chi connectivity index (χ1n) is 12.8. The lowest BCUT2D eigenvalue weighted by Crippen LogP contribution is -2.51. The number of aliphatic hydroxyl groups excluding tert-OH is 1. The predicted octanol–water partition coefficient (Wildman–Crippen LogP) is 3.08. The van der Waals surface area contributed by atoms with Gasteiger partial charge in [0.2, 0.25) is 11.8 Å². The molecule has 1 atom stereocenters. The minimum atomic E-state index is -0.961. The number of nitrogens with two attached hydrogens (primary N) is 1. The van der Waals surface area contributed by atoms with Gasteiger partial charge in [-0.2, -0.15) is 5.26 Å². The number of methoxy groups -OCH3 is 1. The van der Waals surface area contributed by atoms with Crippen LogP contribution >= 0.6 is 0 Å². The number of benzene rings is 1. The van der Waals surface area contributed by atoms with Crippen LogP contribution in [0.4, 0.5) is 4.79 Å². The number of aryl methyl sites for hydroxylation is 1. The van der Waals surface area contributed by atoms with E-state index in [2.05, 4.69) is 28.1 Å². The fourth-order valence-corrected chi connectivity index (χ4v) is 5.43. The molecule has 1 aromatic heterocycles. The fourth-order valence-electron chi connectivity index (χ4n) is 5.43. The smallest absolute Gasteiger partial charge is 0.410 e. The van der Waals surface area contributed by atoms with Gasteiger partial charge in [0.25, 0.3) is 0 Å². The van der Waals surface area contributed by atoms with E-state index >= 15 is 0 Å². The molecule has 2 aliphatic rings. The molecule has 0 spiro atoms. The molecule has 2 aliphatic heterocycles. The second kappa shape index (κ2) is 10.6. The molecule has 1 unspecified atom stereocenters. The SMILES string of the molecule is COCC(C)(C)OC(=O)N1CC(C#Cc2cc(CO)cc(C3(C(C)C)C(C#N)=C(N)Oc4n[nH]c(C)c43)c2)C1. The van der Waals surface area contributed by atoms with Gasteiger partial charge in [0.15, 0.2) is 0 Å². The standard InChI is InChI=1S/C29H35N5O5/c1-17(2)29(23(12-30)25(31)38-26-24(29)18(3)32-33-26)22-10-19(9-21(11-22)15-35)7-8-20-13-34(14-20)27(36)39-28(4,5)16-37-6/h9-11,17,20,35H,13-16,31H2,1-6H3,(H,32,33). The van der Waals surface area contributed by atoms with Crippen molar-refractivity contribution in [1.82, 2.24) is 15.1 Å². The maximum atomic E-state index is 12.4. The summed E-state index contributed by atoms with van der Waals surface area (Å²) in [6, 6.07) is 7.90. The number of aromatic amines is 1. The summed E-state index contributed by atoms with van der Waals surface area (Å²) in [5, 5.41) is 27.6. The largest absolute Gasteiger partial charge is 0.441 e. The Hall–Kier alpha value is -3.99. The van der Waals surface area contributed by atoms with Gasteiger partial charge in [0.1, 0.15) is 17.2 Å². The van der Waals surface area contributed by atoms with Crippen molar-refractivity contribution >= 4 is 6.09 Å². The van der Waals surface area contributed by atoms with Gasteiger partial charge in [0.05, 0.1) is 30.1 Å². The van der Waals surface area contributed by atoms with Crippen molar-refractivity contribution in [1.29, 1.82) is 5.26 Å². The van der Waals surface area contributed by atoms with Crippen molar-refractivity contribution in [3.05, 3.63) is 57.6 Å². The zero-order chi connectivity index (χ0) is 28.5. The summed E-state index contributed by atoms with van der Waals surface area (Å²) in [5.74, 6) is 6.66. The van der Waals surface area contributed by atoms with E-state index in [4.69, 9.17) is 19.9 Å². The van der Waals surface area contributed by atoms with E-state index in [1.54, 1.807) is 25.9 Å². The Morgan fingerprint density at radius 3 is 2.72 bits per heavy atom. The number of rotatable bonds is 6. The Morgan fingerprint density at radius 2 is 2.10 bits per heavy atom. The molecule has 4 rings (SSSR count). The van der Waals surface area contributed by atoms with E-state index in [1.807, 2.05) is 39.0 Å². The van der Waals surface area contributed by atoms with Crippen molar-refractivity contribution < 1.29 is 24.1 Å². The Balaban J connectivity index is 1.67. The van der Waals surface area contributed by atoms with Crippen LogP contribution in [0.25, 0.3) is 0 Å². The number of allylic oxidation sites excluding steroid dienone is 1. The first kappa shape index (κ1) is 28.0. The van der Waals surface area contributed by atoms with Crippen LogP contribution in [0.3, 0.4) is 0 Å². The van der Waals surface area contributed by atoms with Crippen LogP contribution in [0, 0.1) is 41.9 Å². The molecule has 0 saturated carbocycles. The third-order valence-electron chi connectivity index (χ3n) is 7.18. The zero-order valence-electron chi connectivity index (χ0n) is 23.2. The van der Waals surface area contributed by atoms with Gasteiger partial charge in [0, 0.05) is 31.5 Å². The maximum absolute atomic E-state index is 12.4. The Bertz CT molecular complexity index is 1400. The molecule has 0 bridgehead atoms. The molecule has 10 nitrogen and oxygen atoms in total. The van der Waals surface area contributed by atoms with Gasteiger partial charge in [-0.3, -0.25) is 5.10 Å². The predicted molar refractivity (Wildman–Crippen MR) is 143 cm³/mol. The van der Waals surface area contributed by atoms with Gasteiger partial charge in [-0.15, -0.1) is 5.10 Å². The molecule has 1 amide bonds. The van der Waals surface area contributed by atoms with Crippen LogP contribution in [0.2, 0.25) is 0 Å². The quantitative estimate of drug-likeness (QED) is 0.480. The number of nitrogens with one attached hydrogen (secondary N) is 1. The van der Waals surface area contributed by atoms with Crippen LogP contribution in [0.1, 0.15) is 55.6 Å². The van der Waals surface area contributed by atoms with E-state index < -0.39 is 17.1 Å². The average Bonchev–Trinajstić information content (AvgIpc) is 3.21. The number of H-pyrrole nitrogens is 1. The number of hydrogen-bond acceptors (Lipinski definition) is 8. The van der Waals surface area contributed by atoms with Crippen molar-refractivity contribution in [2.24, 2.45) is 17.6 Å². The number of hydrogen-bond donors (Lipinski definition) is 3. The minimum Gasteiger partial charge on any atom is -0.441 e. The van der Waals surface area contributed by atoms with Crippen LogP contribution in [0.5, 0.6) is 5.88 Å². The highest BCUT2D eigenvalue weighted by Crippen LogP contribution is 2.52. The topological polar surface area (TPSA) is 147 Å². The first-order valence-corrected chi connectivity index (χ1v) is 12.8. The van der Waals surface area contributed by atoms with Gasteiger partial charge < -0.3 is 30.0 Å². The lowest BCUT2D eigenvalue weighted by molar-refractivity contribution is -0.0422. The minimum absolute atomic E-state index is 0.00218. The molecule has 4 N–H and O–H groups in total. The Morgan fingerprint density at radius 1 is 1.38 bits per heavy atom. The number of carbonyl (C=O) groups excluding carboxylic acids is 1. The number of nitrogens with zero attached hydrogens (tertiary/aromatic N) is 3. The van der Waals surface area contributed by atoms with Crippen molar-refractivity contribution in [2.45, 2.75) is 52.2 Å². The number of aromatic nitrogens is 2. The van der Waals surface area contributed by atoms with E-state index in [0.717, 1.165) is 16.8 Å². The summed E-state index contributed by atoms with van der Waals surface area (Å²) < 4.78 is 16.3. The molecule has 1 fully saturated rings. The number of ether oxygens (including phenoxy) is 3. The average molecular weight is 534 g/mol. The lowest BCUT2D eigenvalue weighted by Gasteiger charge is -2.41. The van der Waals surface area contributed by atoms with Crippen LogP contribution in [-0.4, -0.2) is 58.7 Å². The highest BCUT2D eigenvalue weighted by Gasteiger charge is 2.50. The normalized spacial score (nSPS) is 19.0. The number of carbonyl (C=O) groups is 1.